The van der Waals surface area contributed by atoms with E-state index in [0.717, 1.165) is 16.6 Å². The van der Waals surface area contributed by atoms with Crippen molar-refractivity contribution in [1.82, 2.24) is 15.0 Å². The molecule has 0 bridgehead atoms. The molecular formula is C28H25BN4O2. The molecule has 0 unspecified atom stereocenters. The van der Waals surface area contributed by atoms with Gasteiger partial charge >= 0.3 is 7.12 Å². The van der Waals surface area contributed by atoms with Gasteiger partial charge in [-0.05, 0) is 39.2 Å². The molecule has 6 nitrogen and oxygen atoms in total. The predicted octanol–water partition coefficient (Wildman–Crippen LogP) is 5.04. The van der Waals surface area contributed by atoms with Gasteiger partial charge in [0.05, 0.1) is 22.8 Å². The molecule has 1 aliphatic heterocycles. The van der Waals surface area contributed by atoms with Crippen LogP contribution in [0, 0.1) is 11.3 Å². The number of aromatic nitrogens is 3. The number of nitriles is 1. The lowest BCUT2D eigenvalue weighted by molar-refractivity contribution is 0.00578. The summed E-state index contributed by atoms with van der Waals surface area (Å²) in [6.07, 6.45) is 0. The van der Waals surface area contributed by atoms with Crippen molar-refractivity contribution in [3.63, 3.8) is 0 Å². The van der Waals surface area contributed by atoms with Gasteiger partial charge in [-0.15, -0.1) is 0 Å². The van der Waals surface area contributed by atoms with Gasteiger partial charge in [-0.25, -0.2) is 15.0 Å². The topological polar surface area (TPSA) is 80.9 Å². The Labute approximate surface area is 205 Å². The van der Waals surface area contributed by atoms with Crippen molar-refractivity contribution in [2.75, 3.05) is 0 Å². The molecule has 0 N–H and O–H groups in total. The van der Waals surface area contributed by atoms with Crippen LogP contribution < -0.4 is 5.46 Å². The van der Waals surface area contributed by atoms with Crippen LogP contribution in [-0.4, -0.2) is 33.3 Å². The average molecular weight is 460 g/mol. The van der Waals surface area contributed by atoms with Gasteiger partial charge in [-0.2, -0.15) is 5.26 Å². The third kappa shape index (κ3) is 4.34. The van der Waals surface area contributed by atoms with E-state index in [9.17, 15) is 5.26 Å². The van der Waals surface area contributed by atoms with Gasteiger partial charge in [0, 0.05) is 16.7 Å². The summed E-state index contributed by atoms with van der Waals surface area (Å²) in [4.78, 5) is 14.2. The average Bonchev–Trinajstić information content (AvgIpc) is 3.11. The summed E-state index contributed by atoms with van der Waals surface area (Å²) >= 11 is 0. The standard InChI is InChI=1S/C28H25BN4O2/c1-27(2)28(3,4)35-29(34-27)22-15-16-23(21(17-22)18-30)26-32-24(19-11-7-5-8-12-19)31-25(33-26)20-13-9-6-10-14-20/h5-17H,1-4H3. The highest BCUT2D eigenvalue weighted by Crippen LogP contribution is 2.37. The van der Waals surface area contributed by atoms with Gasteiger partial charge in [-0.1, -0.05) is 72.8 Å². The van der Waals surface area contributed by atoms with Gasteiger partial charge in [-0.3, -0.25) is 0 Å². The van der Waals surface area contributed by atoms with E-state index in [0.29, 0.717) is 28.6 Å². The molecule has 3 aromatic carbocycles. The zero-order valence-electron chi connectivity index (χ0n) is 20.2. The monoisotopic (exact) mass is 460 g/mol. The van der Waals surface area contributed by atoms with Crippen molar-refractivity contribution >= 4 is 12.6 Å². The number of nitrogens with zero attached hydrogens (tertiary/aromatic N) is 4. The Kier molecular flexibility index (Phi) is 5.72. The number of hydrogen-bond acceptors (Lipinski definition) is 6. The molecule has 0 amide bonds. The summed E-state index contributed by atoms with van der Waals surface area (Å²) in [5.41, 5.74) is 2.68. The van der Waals surface area contributed by atoms with Crippen molar-refractivity contribution in [3.05, 3.63) is 84.4 Å². The molecule has 4 aromatic rings. The van der Waals surface area contributed by atoms with Crippen LogP contribution in [0.15, 0.2) is 78.9 Å². The maximum absolute atomic E-state index is 10.0. The van der Waals surface area contributed by atoms with Gasteiger partial charge in [0.15, 0.2) is 17.5 Å². The molecule has 0 saturated carbocycles. The van der Waals surface area contributed by atoms with E-state index in [-0.39, 0.29) is 0 Å². The quantitative estimate of drug-likeness (QED) is 0.397. The summed E-state index contributed by atoms with van der Waals surface area (Å²) in [5, 5.41) is 10.0. The lowest BCUT2D eigenvalue weighted by Crippen LogP contribution is -2.41. The second-order valence-electron chi connectivity index (χ2n) is 9.54. The third-order valence-corrected chi connectivity index (χ3v) is 6.63. The second-order valence-corrected chi connectivity index (χ2v) is 9.54. The number of benzene rings is 3. The van der Waals surface area contributed by atoms with Crippen molar-refractivity contribution in [1.29, 1.82) is 5.26 Å². The van der Waals surface area contributed by atoms with Gasteiger partial charge in [0.2, 0.25) is 0 Å². The molecule has 1 fully saturated rings. The fraction of sp³-hybridized carbons (Fsp3) is 0.214. The normalized spacial score (nSPS) is 16.1. The zero-order valence-corrected chi connectivity index (χ0v) is 20.2. The minimum absolute atomic E-state index is 0.440. The van der Waals surface area contributed by atoms with Crippen LogP contribution in [-0.2, 0) is 9.31 Å². The molecule has 35 heavy (non-hydrogen) atoms. The maximum Gasteiger partial charge on any atom is 0.494 e. The lowest BCUT2D eigenvalue weighted by Gasteiger charge is -2.32. The first-order valence-electron chi connectivity index (χ1n) is 11.5. The van der Waals surface area contributed by atoms with Crippen LogP contribution in [0.4, 0.5) is 0 Å². The van der Waals surface area contributed by atoms with Crippen molar-refractivity contribution in [3.8, 4) is 40.2 Å². The molecule has 0 spiro atoms. The Morgan fingerprint density at radius 3 is 1.66 bits per heavy atom. The predicted molar refractivity (Wildman–Crippen MR) is 137 cm³/mol. The first-order chi connectivity index (χ1) is 16.8. The molecule has 1 saturated heterocycles. The highest BCUT2D eigenvalue weighted by molar-refractivity contribution is 6.62. The molecule has 5 rings (SSSR count). The van der Waals surface area contributed by atoms with Crippen LogP contribution >= 0.6 is 0 Å². The number of rotatable bonds is 4. The van der Waals surface area contributed by atoms with Crippen LogP contribution in [0.3, 0.4) is 0 Å². The fourth-order valence-electron chi connectivity index (χ4n) is 3.90. The van der Waals surface area contributed by atoms with Crippen LogP contribution in [0.5, 0.6) is 0 Å². The molecule has 0 aliphatic carbocycles. The van der Waals surface area contributed by atoms with Crippen LogP contribution in [0.2, 0.25) is 0 Å². The molecule has 172 valence electrons. The highest BCUT2D eigenvalue weighted by Gasteiger charge is 2.51. The molecular weight excluding hydrogens is 435 g/mol. The molecule has 1 aromatic heterocycles. The van der Waals surface area contributed by atoms with E-state index in [1.54, 1.807) is 6.07 Å². The Balaban J connectivity index is 1.61. The SMILES string of the molecule is CC1(C)OB(c2ccc(-c3nc(-c4ccccc4)nc(-c4ccccc4)n3)c(C#N)c2)OC1(C)C. The summed E-state index contributed by atoms with van der Waals surface area (Å²) in [5.74, 6) is 1.54. The Hall–Kier alpha value is -3.86. The smallest absolute Gasteiger partial charge is 0.399 e. The molecule has 2 heterocycles. The highest BCUT2D eigenvalue weighted by atomic mass is 16.7. The zero-order chi connectivity index (χ0) is 24.6. The van der Waals surface area contributed by atoms with Gasteiger partial charge in [0.1, 0.15) is 0 Å². The second kappa shape index (κ2) is 8.73. The molecule has 0 atom stereocenters. The minimum Gasteiger partial charge on any atom is -0.399 e. The third-order valence-electron chi connectivity index (χ3n) is 6.63. The van der Waals surface area contributed by atoms with E-state index < -0.39 is 18.3 Å². The van der Waals surface area contributed by atoms with E-state index in [1.165, 1.54) is 0 Å². The largest absolute Gasteiger partial charge is 0.494 e. The first-order valence-corrected chi connectivity index (χ1v) is 11.5. The summed E-state index contributed by atoms with van der Waals surface area (Å²) in [6, 6.07) is 27.4. The summed E-state index contributed by atoms with van der Waals surface area (Å²) in [6.45, 7) is 8.03. The summed E-state index contributed by atoms with van der Waals surface area (Å²) < 4.78 is 12.4. The Morgan fingerprint density at radius 2 is 1.17 bits per heavy atom. The van der Waals surface area contributed by atoms with E-state index in [1.807, 2.05) is 100 Å². The van der Waals surface area contributed by atoms with Gasteiger partial charge in [0.25, 0.3) is 0 Å². The van der Waals surface area contributed by atoms with Crippen molar-refractivity contribution in [2.24, 2.45) is 0 Å². The maximum atomic E-state index is 10.0. The molecule has 0 radical (unpaired) electrons. The van der Waals surface area contributed by atoms with Crippen molar-refractivity contribution in [2.45, 2.75) is 38.9 Å². The Bertz CT molecular complexity index is 1340. The Morgan fingerprint density at radius 1 is 0.686 bits per heavy atom. The van der Waals surface area contributed by atoms with E-state index in [2.05, 4.69) is 6.07 Å². The minimum atomic E-state index is -0.556. The number of hydrogen-bond donors (Lipinski definition) is 0. The summed E-state index contributed by atoms with van der Waals surface area (Å²) in [7, 11) is -0.556. The first kappa shape index (κ1) is 22.9. The fourth-order valence-corrected chi connectivity index (χ4v) is 3.90. The van der Waals surface area contributed by atoms with Crippen LogP contribution in [0.1, 0.15) is 33.3 Å². The molecule has 1 aliphatic rings. The molecule has 7 heteroatoms. The van der Waals surface area contributed by atoms with Gasteiger partial charge < -0.3 is 9.31 Å². The van der Waals surface area contributed by atoms with Crippen LogP contribution in [0.25, 0.3) is 34.2 Å². The van der Waals surface area contributed by atoms with Crippen molar-refractivity contribution < 1.29 is 9.31 Å². The van der Waals surface area contributed by atoms with E-state index in [4.69, 9.17) is 24.3 Å². The lowest BCUT2D eigenvalue weighted by atomic mass is 9.77. The van der Waals surface area contributed by atoms with E-state index >= 15 is 0 Å².